The van der Waals surface area contributed by atoms with Crippen LogP contribution < -0.4 is 0 Å². The minimum absolute atomic E-state index is 0.831. The van der Waals surface area contributed by atoms with Crippen molar-refractivity contribution in [2.24, 2.45) is 0 Å². The van der Waals surface area contributed by atoms with Crippen molar-refractivity contribution in [3.05, 3.63) is 6.92 Å². The number of hydrogen-bond donors (Lipinski definition) is 0. The molecule has 2 heteroatoms. The molecule has 1 radical (unpaired) electrons. The van der Waals surface area contributed by atoms with Crippen molar-refractivity contribution < 1.29 is 4.74 Å². The third-order valence-electron chi connectivity index (χ3n) is 0.720. The highest BCUT2D eigenvalue weighted by molar-refractivity contribution is 7.99. The SMILES string of the molecule is [CH2]CSCCOCC. The van der Waals surface area contributed by atoms with E-state index in [0.29, 0.717) is 0 Å². The van der Waals surface area contributed by atoms with Gasteiger partial charge in [0.1, 0.15) is 0 Å². The molecule has 0 saturated heterocycles. The molecule has 0 aliphatic heterocycles. The Hall–Kier alpha value is 0.310. The standard InChI is InChI=1S/C6H13OS/c1-3-7-5-6-8-4-2/h2-6H2,1H3. The van der Waals surface area contributed by atoms with Gasteiger partial charge >= 0.3 is 0 Å². The maximum Gasteiger partial charge on any atom is 0.0556 e. The minimum atomic E-state index is 0.831. The fourth-order valence-corrected chi connectivity index (χ4v) is 0.804. The van der Waals surface area contributed by atoms with E-state index in [1.165, 1.54) is 0 Å². The topological polar surface area (TPSA) is 9.23 Å². The molecule has 0 aromatic carbocycles. The van der Waals surface area contributed by atoms with Crippen LogP contribution in [0.2, 0.25) is 0 Å². The van der Waals surface area contributed by atoms with Gasteiger partial charge in [0.15, 0.2) is 0 Å². The second kappa shape index (κ2) is 7.31. The van der Waals surface area contributed by atoms with Crippen molar-refractivity contribution in [3.63, 3.8) is 0 Å². The van der Waals surface area contributed by atoms with Crippen LogP contribution in [0.15, 0.2) is 0 Å². The Kier molecular flexibility index (Phi) is 7.59. The van der Waals surface area contributed by atoms with Gasteiger partial charge < -0.3 is 4.74 Å². The van der Waals surface area contributed by atoms with Crippen LogP contribution in [0.5, 0.6) is 0 Å². The summed E-state index contributed by atoms with van der Waals surface area (Å²) in [5, 5.41) is 0. The van der Waals surface area contributed by atoms with Crippen LogP contribution >= 0.6 is 11.8 Å². The molecule has 49 valence electrons. The van der Waals surface area contributed by atoms with Gasteiger partial charge in [0.2, 0.25) is 0 Å². The second-order valence-electron chi connectivity index (χ2n) is 1.31. The van der Waals surface area contributed by atoms with Gasteiger partial charge in [0, 0.05) is 12.4 Å². The molecule has 0 bridgehead atoms. The molecule has 1 nitrogen and oxygen atoms in total. The number of thioether (sulfide) groups is 1. The lowest BCUT2D eigenvalue weighted by Crippen LogP contribution is -1.95. The maximum atomic E-state index is 5.09. The summed E-state index contributed by atoms with van der Waals surface area (Å²) < 4.78 is 5.09. The van der Waals surface area contributed by atoms with E-state index in [-0.39, 0.29) is 0 Å². The summed E-state index contributed by atoms with van der Waals surface area (Å²) in [6.07, 6.45) is 0. The molecular formula is C6H13OS. The summed E-state index contributed by atoms with van der Waals surface area (Å²) in [7, 11) is 0. The van der Waals surface area contributed by atoms with Crippen molar-refractivity contribution in [3.8, 4) is 0 Å². The zero-order valence-corrected chi connectivity index (χ0v) is 6.17. The van der Waals surface area contributed by atoms with E-state index < -0.39 is 0 Å². The molecule has 8 heavy (non-hydrogen) atoms. The van der Waals surface area contributed by atoms with E-state index in [9.17, 15) is 0 Å². The summed E-state index contributed by atoms with van der Waals surface area (Å²) in [5.74, 6) is 2.03. The molecule has 0 heterocycles. The molecule has 0 spiro atoms. The normalized spacial score (nSPS) is 9.75. The maximum absolute atomic E-state index is 5.09. The van der Waals surface area contributed by atoms with Gasteiger partial charge in [-0.05, 0) is 19.6 Å². The zero-order valence-electron chi connectivity index (χ0n) is 5.35. The predicted molar refractivity (Wildman–Crippen MR) is 39.2 cm³/mol. The molecule has 0 amide bonds. The van der Waals surface area contributed by atoms with E-state index in [0.717, 1.165) is 24.7 Å². The van der Waals surface area contributed by atoms with E-state index in [2.05, 4.69) is 6.92 Å². The molecule has 0 rings (SSSR count). The summed E-state index contributed by atoms with van der Waals surface area (Å²) in [6, 6.07) is 0. The van der Waals surface area contributed by atoms with Crippen LogP contribution in [0.25, 0.3) is 0 Å². The molecular weight excluding hydrogens is 120 g/mol. The van der Waals surface area contributed by atoms with Crippen molar-refractivity contribution >= 4 is 11.8 Å². The lowest BCUT2D eigenvalue weighted by molar-refractivity contribution is 0.164. The fourth-order valence-electron chi connectivity index (χ4n) is 0.364. The molecule has 0 N–H and O–H groups in total. The summed E-state index contributed by atoms with van der Waals surface area (Å²) >= 11 is 1.81. The predicted octanol–water partition coefficient (Wildman–Crippen LogP) is 1.59. The van der Waals surface area contributed by atoms with Gasteiger partial charge in [0.05, 0.1) is 6.61 Å². The van der Waals surface area contributed by atoms with E-state index >= 15 is 0 Å². The summed E-state index contributed by atoms with van der Waals surface area (Å²) in [6.45, 7) is 7.40. The Bertz CT molecular complexity index is 33.5. The molecule has 0 aromatic rings. The first kappa shape index (κ1) is 8.31. The molecule has 0 aliphatic carbocycles. The molecule has 0 saturated carbocycles. The van der Waals surface area contributed by atoms with E-state index in [4.69, 9.17) is 4.74 Å². The highest BCUT2D eigenvalue weighted by Crippen LogP contribution is 1.95. The minimum Gasteiger partial charge on any atom is -0.381 e. The lowest BCUT2D eigenvalue weighted by Gasteiger charge is -1.96. The van der Waals surface area contributed by atoms with Gasteiger partial charge in [0.25, 0.3) is 0 Å². The smallest absolute Gasteiger partial charge is 0.0556 e. The van der Waals surface area contributed by atoms with Crippen LogP contribution in [0.3, 0.4) is 0 Å². The van der Waals surface area contributed by atoms with E-state index in [1.807, 2.05) is 18.7 Å². The van der Waals surface area contributed by atoms with Crippen LogP contribution in [0, 0.1) is 6.92 Å². The Labute approximate surface area is 55.8 Å². The first-order valence-corrected chi connectivity index (χ1v) is 4.02. The Morgan fingerprint density at radius 3 is 2.88 bits per heavy atom. The number of hydrogen-bond acceptors (Lipinski definition) is 2. The van der Waals surface area contributed by atoms with Crippen LogP contribution in [-0.4, -0.2) is 24.7 Å². The first-order chi connectivity index (χ1) is 3.91. The highest BCUT2D eigenvalue weighted by atomic mass is 32.2. The van der Waals surface area contributed by atoms with Gasteiger partial charge in [-0.1, -0.05) is 0 Å². The van der Waals surface area contributed by atoms with Gasteiger partial charge in [-0.15, -0.1) is 0 Å². The van der Waals surface area contributed by atoms with Gasteiger partial charge in [-0.2, -0.15) is 11.8 Å². The van der Waals surface area contributed by atoms with Gasteiger partial charge in [-0.25, -0.2) is 0 Å². The lowest BCUT2D eigenvalue weighted by atomic mass is 10.8. The Balaban J connectivity index is 2.53. The molecule has 0 unspecified atom stereocenters. The number of rotatable bonds is 5. The van der Waals surface area contributed by atoms with Crippen LogP contribution in [-0.2, 0) is 4.74 Å². The molecule has 0 aromatic heterocycles. The van der Waals surface area contributed by atoms with E-state index in [1.54, 1.807) is 0 Å². The van der Waals surface area contributed by atoms with Crippen molar-refractivity contribution in [1.82, 2.24) is 0 Å². The van der Waals surface area contributed by atoms with Gasteiger partial charge in [-0.3, -0.25) is 0 Å². The third kappa shape index (κ3) is 6.31. The van der Waals surface area contributed by atoms with Crippen molar-refractivity contribution in [2.75, 3.05) is 24.7 Å². The van der Waals surface area contributed by atoms with Crippen LogP contribution in [0.1, 0.15) is 6.92 Å². The Morgan fingerprint density at radius 2 is 2.38 bits per heavy atom. The average Bonchev–Trinajstić information content (AvgIpc) is 1.81. The Morgan fingerprint density at radius 1 is 1.62 bits per heavy atom. The largest absolute Gasteiger partial charge is 0.381 e. The monoisotopic (exact) mass is 133 g/mol. The number of ether oxygens (including phenoxy) is 1. The quantitative estimate of drug-likeness (QED) is 0.527. The van der Waals surface area contributed by atoms with Crippen LogP contribution in [0.4, 0.5) is 0 Å². The van der Waals surface area contributed by atoms with Crippen molar-refractivity contribution in [2.45, 2.75) is 6.92 Å². The molecule has 0 aliphatic rings. The summed E-state index contributed by atoms with van der Waals surface area (Å²) in [5.41, 5.74) is 0. The highest BCUT2D eigenvalue weighted by Gasteiger charge is 1.82. The summed E-state index contributed by atoms with van der Waals surface area (Å²) in [4.78, 5) is 0. The zero-order chi connectivity index (χ0) is 6.24. The molecule has 0 atom stereocenters. The third-order valence-corrected chi connectivity index (χ3v) is 1.46. The fraction of sp³-hybridized carbons (Fsp3) is 0.833. The van der Waals surface area contributed by atoms with Crippen molar-refractivity contribution in [1.29, 1.82) is 0 Å². The first-order valence-electron chi connectivity index (χ1n) is 2.86. The average molecular weight is 133 g/mol. The second-order valence-corrected chi connectivity index (χ2v) is 2.53. The molecule has 0 fully saturated rings.